The van der Waals surface area contributed by atoms with E-state index in [2.05, 4.69) is 26.8 Å². The van der Waals surface area contributed by atoms with Crippen LogP contribution in [0.15, 0.2) is 11.6 Å². The van der Waals surface area contributed by atoms with Crippen molar-refractivity contribution in [2.24, 2.45) is 40.4 Å². The van der Waals surface area contributed by atoms with Crippen molar-refractivity contribution in [2.75, 3.05) is 0 Å². The van der Waals surface area contributed by atoms with Crippen molar-refractivity contribution in [3.05, 3.63) is 11.6 Å². The van der Waals surface area contributed by atoms with Gasteiger partial charge < -0.3 is 10.2 Å². The Kier molecular flexibility index (Phi) is 5.46. The molecule has 0 spiro atoms. The number of aliphatic hydroxyl groups is 2. The zero-order chi connectivity index (χ0) is 22.1. The second-order valence-electron chi connectivity index (χ2n) is 11.6. The Hall–Kier alpha value is -0.550. The number of alkyl halides is 3. The molecule has 3 saturated carbocycles. The number of aliphatic hydroxyl groups excluding tert-OH is 1. The van der Waals surface area contributed by atoms with Crippen molar-refractivity contribution in [2.45, 2.75) is 103 Å². The molecule has 4 rings (SSSR count). The van der Waals surface area contributed by atoms with Crippen LogP contribution in [-0.2, 0) is 0 Å². The Morgan fingerprint density at radius 3 is 2.43 bits per heavy atom. The summed E-state index contributed by atoms with van der Waals surface area (Å²) in [6, 6.07) is 0. The maximum atomic E-state index is 13.2. The van der Waals surface area contributed by atoms with Crippen molar-refractivity contribution in [3.63, 3.8) is 0 Å². The average molecular weight is 429 g/mol. The first-order chi connectivity index (χ1) is 13.9. The third-order valence-corrected chi connectivity index (χ3v) is 10.5. The lowest BCUT2D eigenvalue weighted by atomic mass is 9.46. The predicted molar refractivity (Wildman–Crippen MR) is 112 cm³/mol. The lowest BCUT2D eigenvalue weighted by Gasteiger charge is -2.59. The van der Waals surface area contributed by atoms with E-state index in [1.54, 1.807) is 6.92 Å². The van der Waals surface area contributed by atoms with E-state index in [4.69, 9.17) is 0 Å². The van der Waals surface area contributed by atoms with Gasteiger partial charge in [0.15, 0.2) is 6.10 Å². The Morgan fingerprint density at radius 2 is 1.80 bits per heavy atom. The molecule has 4 aliphatic rings. The van der Waals surface area contributed by atoms with Crippen molar-refractivity contribution in [1.29, 1.82) is 0 Å². The van der Waals surface area contributed by atoms with Gasteiger partial charge in [-0.25, -0.2) is 0 Å². The summed E-state index contributed by atoms with van der Waals surface area (Å²) >= 11 is 0. The van der Waals surface area contributed by atoms with E-state index in [9.17, 15) is 23.4 Å². The van der Waals surface area contributed by atoms with Crippen LogP contribution in [0.1, 0.15) is 85.5 Å². The van der Waals surface area contributed by atoms with E-state index in [1.807, 2.05) is 0 Å². The third kappa shape index (κ3) is 3.29. The highest BCUT2D eigenvalue weighted by Gasteiger charge is 2.61. The van der Waals surface area contributed by atoms with Crippen LogP contribution < -0.4 is 0 Å². The second-order valence-corrected chi connectivity index (χ2v) is 11.6. The van der Waals surface area contributed by atoms with Gasteiger partial charge in [-0.2, -0.15) is 13.2 Å². The molecular weight excluding hydrogens is 389 g/mol. The van der Waals surface area contributed by atoms with Gasteiger partial charge in [-0.3, -0.25) is 0 Å². The summed E-state index contributed by atoms with van der Waals surface area (Å²) < 4.78 is 39.7. The Bertz CT molecular complexity index is 703. The van der Waals surface area contributed by atoms with Crippen LogP contribution in [0.4, 0.5) is 13.2 Å². The molecule has 0 aliphatic heterocycles. The van der Waals surface area contributed by atoms with Crippen LogP contribution in [-0.4, -0.2) is 28.1 Å². The second kappa shape index (κ2) is 7.23. The quantitative estimate of drug-likeness (QED) is 0.521. The SMILES string of the molecule is CC[C@]1(O)CC[C@@]2(C)C(=CC[C@@H]3C2CC[C@]2(C)[C@@H]([C@H](C)[C@@H](O)C(F)(F)F)CC[C@@H]32)C1. The molecule has 3 fully saturated rings. The van der Waals surface area contributed by atoms with Gasteiger partial charge in [-0.15, -0.1) is 0 Å². The van der Waals surface area contributed by atoms with Gasteiger partial charge >= 0.3 is 6.18 Å². The predicted octanol–water partition coefficient (Wildman–Crippen LogP) is 6.27. The van der Waals surface area contributed by atoms with E-state index < -0.39 is 23.8 Å². The minimum absolute atomic E-state index is 0.0743. The maximum Gasteiger partial charge on any atom is 0.414 e. The lowest BCUT2D eigenvalue weighted by Crippen LogP contribution is -2.53. The number of hydrogen-bond donors (Lipinski definition) is 2. The van der Waals surface area contributed by atoms with Crippen LogP contribution in [0.25, 0.3) is 0 Å². The largest absolute Gasteiger partial charge is 0.414 e. The fourth-order valence-corrected chi connectivity index (χ4v) is 8.44. The van der Waals surface area contributed by atoms with Gasteiger partial charge in [0.25, 0.3) is 0 Å². The van der Waals surface area contributed by atoms with Crippen molar-refractivity contribution < 1.29 is 23.4 Å². The molecule has 2 N–H and O–H groups in total. The van der Waals surface area contributed by atoms with Crippen molar-refractivity contribution in [3.8, 4) is 0 Å². The monoisotopic (exact) mass is 428 g/mol. The molecule has 0 saturated heterocycles. The maximum absolute atomic E-state index is 13.2. The average Bonchev–Trinajstić information content (AvgIpc) is 3.04. The number of fused-ring (bicyclic) bond motifs is 5. The fraction of sp³-hybridized carbons (Fsp3) is 0.920. The summed E-state index contributed by atoms with van der Waals surface area (Å²) in [5.74, 6) is 0.695. The molecule has 0 radical (unpaired) electrons. The van der Waals surface area contributed by atoms with E-state index in [0.29, 0.717) is 17.8 Å². The van der Waals surface area contributed by atoms with Gasteiger partial charge in [-0.1, -0.05) is 39.3 Å². The normalized spacial score (nSPS) is 48.2. The van der Waals surface area contributed by atoms with Crippen molar-refractivity contribution in [1.82, 2.24) is 0 Å². The molecule has 172 valence electrons. The van der Waals surface area contributed by atoms with Crippen LogP contribution in [0, 0.1) is 40.4 Å². The zero-order valence-corrected chi connectivity index (χ0v) is 18.9. The molecule has 0 heterocycles. The number of allylic oxidation sites excluding steroid dienone is 1. The molecule has 2 nitrogen and oxygen atoms in total. The number of rotatable bonds is 3. The molecule has 30 heavy (non-hydrogen) atoms. The number of halogens is 3. The minimum Gasteiger partial charge on any atom is -0.390 e. The highest BCUT2D eigenvalue weighted by Crippen LogP contribution is 2.68. The molecule has 0 bridgehead atoms. The Balaban J connectivity index is 1.58. The highest BCUT2D eigenvalue weighted by atomic mass is 19.4. The molecule has 0 amide bonds. The summed E-state index contributed by atoms with van der Waals surface area (Å²) in [5, 5.41) is 20.8. The molecule has 5 heteroatoms. The van der Waals surface area contributed by atoms with Gasteiger partial charge in [0.1, 0.15) is 0 Å². The Labute approximate surface area is 179 Å². The number of hydrogen-bond acceptors (Lipinski definition) is 2. The van der Waals surface area contributed by atoms with E-state index in [1.165, 1.54) is 5.57 Å². The van der Waals surface area contributed by atoms with Crippen LogP contribution in [0.5, 0.6) is 0 Å². The Morgan fingerprint density at radius 1 is 1.10 bits per heavy atom. The first kappa shape index (κ1) is 22.6. The van der Waals surface area contributed by atoms with Gasteiger partial charge in [0.2, 0.25) is 0 Å². The molecule has 0 aromatic rings. The van der Waals surface area contributed by atoms with E-state index in [0.717, 1.165) is 57.8 Å². The van der Waals surface area contributed by atoms with Crippen LogP contribution in [0.3, 0.4) is 0 Å². The molecule has 9 atom stereocenters. The van der Waals surface area contributed by atoms with Gasteiger partial charge in [0.05, 0.1) is 5.60 Å². The molecule has 0 aromatic carbocycles. The van der Waals surface area contributed by atoms with E-state index in [-0.39, 0.29) is 16.7 Å². The van der Waals surface area contributed by atoms with Gasteiger partial charge in [-0.05, 0) is 98.2 Å². The minimum atomic E-state index is -4.54. The van der Waals surface area contributed by atoms with E-state index >= 15 is 0 Å². The summed E-state index contributed by atoms with van der Waals surface area (Å²) in [6.45, 7) is 8.27. The molecule has 0 aromatic heterocycles. The van der Waals surface area contributed by atoms with Gasteiger partial charge in [0, 0.05) is 0 Å². The molecule has 1 unspecified atom stereocenters. The molecule has 4 aliphatic carbocycles. The summed E-state index contributed by atoms with van der Waals surface area (Å²) in [7, 11) is 0. The third-order valence-electron chi connectivity index (χ3n) is 10.5. The fourth-order valence-electron chi connectivity index (χ4n) is 8.44. The lowest BCUT2D eigenvalue weighted by molar-refractivity contribution is -0.227. The zero-order valence-electron chi connectivity index (χ0n) is 18.9. The standard InChI is InChI=1S/C25H39F3O2/c1-5-24(30)13-12-22(3)16(14-24)6-7-17-19-9-8-18(15(2)21(29)25(26,27)28)23(19,4)11-10-20(17)22/h6,15,17-21,29-30H,5,7-14H2,1-4H3/t15-,17-,18+,19-,20?,21+,22-,23+,24-/m0/s1. The summed E-state index contributed by atoms with van der Waals surface area (Å²) in [6.07, 6.45) is 3.83. The molecular formula is C25H39F3O2. The summed E-state index contributed by atoms with van der Waals surface area (Å²) in [5.41, 5.74) is 0.871. The van der Waals surface area contributed by atoms with Crippen LogP contribution >= 0.6 is 0 Å². The summed E-state index contributed by atoms with van der Waals surface area (Å²) in [4.78, 5) is 0. The topological polar surface area (TPSA) is 40.5 Å². The van der Waals surface area contributed by atoms with Crippen molar-refractivity contribution >= 4 is 0 Å². The van der Waals surface area contributed by atoms with Crippen LogP contribution in [0.2, 0.25) is 0 Å². The highest BCUT2D eigenvalue weighted by molar-refractivity contribution is 5.27. The first-order valence-electron chi connectivity index (χ1n) is 12.0. The first-order valence-corrected chi connectivity index (χ1v) is 12.0. The smallest absolute Gasteiger partial charge is 0.390 e.